The lowest BCUT2D eigenvalue weighted by atomic mass is 10.2. The number of ether oxygens (including phenoxy) is 1. The fourth-order valence-corrected chi connectivity index (χ4v) is 2.94. The Kier molecular flexibility index (Phi) is 6.48. The quantitative estimate of drug-likeness (QED) is 0.627. The Labute approximate surface area is 169 Å². The number of nitrogens with zero attached hydrogens (tertiary/aromatic N) is 3. The largest absolute Gasteiger partial charge is 0.457 e. The van der Waals surface area contributed by atoms with E-state index >= 15 is 0 Å². The lowest BCUT2D eigenvalue weighted by Gasteiger charge is -2.34. The van der Waals surface area contributed by atoms with E-state index < -0.39 is 0 Å². The van der Waals surface area contributed by atoms with Crippen molar-refractivity contribution in [2.75, 3.05) is 31.5 Å². The van der Waals surface area contributed by atoms with Crippen molar-refractivity contribution in [2.45, 2.75) is 6.92 Å². The van der Waals surface area contributed by atoms with Crippen molar-refractivity contribution >= 4 is 17.5 Å². The molecule has 3 rings (SSSR count). The molecule has 2 amide bonds. The Bertz CT molecular complexity index is 925. The van der Waals surface area contributed by atoms with Crippen molar-refractivity contribution in [2.24, 2.45) is 0 Å². The highest BCUT2D eigenvalue weighted by atomic mass is 16.5. The number of benzene rings is 2. The first-order valence-corrected chi connectivity index (χ1v) is 9.31. The van der Waals surface area contributed by atoms with Crippen molar-refractivity contribution in [1.29, 1.82) is 5.26 Å². The minimum atomic E-state index is -0.341. The fourth-order valence-electron chi connectivity index (χ4n) is 2.94. The Morgan fingerprint density at radius 3 is 2.14 bits per heavy atom. The van der Waals surface area contributed by atoms with Crippen LogP contribution in [0.3, 0.4) is 0 Å². The van der Waals surface area contributed by atoms with Crippen LogP contribution in [0.1, 0.15) is 6.92 Å². The highest BCUT2D eigenvalue weighted by molar-refractivity contribution is 5.97. The fraction of sp³-hybridized carbons (Fsp3) is 0.227. The molecule has 29 heavy (non-hydrogen) atoms. The average Bonchev–Trinajstić information content (AvgIpc) is 2.76. The molecule has 1 saturated heterocycles. The summed E-state index contributed by atoms with van der Waals surface area (Å²) in [5, 5.41) is 12.3. The van der Waals surface area contributed by atoms with E-state index in [0.29, 0.717) is 31.9 Å². The normalized spacial score (nSPS) is 14.1. The SMILES string of the molecule is CC(=O)N1CCN(C(=O)/C(C#N)=C\Nc2ccc(Oc3ccccc3)cc2)CC1. The molecule has 1 N–H and O–H groups in total. The van der Waals surface area contributed by atoms with Crippen LogP contribution in [0.5, 0.6) is 11.5 Å². The maximum absolute atomic E-state index is 12.6. The summed E-state index contributed by atoms with van der Waals surface area (Å²) in [6.07, 6.45) is 1.41. The van der Waals surface area contributed by atoms with Crippen molar-refractivity contribution < 1.29 is 14.3 Å². The van der Waals surface area contributed by atoms with Gasteiger partial charge in [-0.2, -0.15) is 5.26 Å². The topological polar surface area (TPSA) is 85.7 Å². The van der Waals surface area contributed by atoms with Crippen LogP contribution >= 0.6 is 0 Å². The first kappa shape index (κ1) is 20.0. The molecule has 0 bridgehead atoms. The van der Waals surface area contributed by atoms with E-state index in [1.807, 2.05) is 36.4 Å². The minimum absolute atomic E-state index is 0.00509. The van der Waals surface area contributed by atoms with Crippen LogP contribution in [0.15, 0.2) is 66.4 Å². The van der Waals surface area contributed by atoms with Crippen LogP contribution in [0, 0.1) is 11.3 Å². The third-order valence-electron chi connectivity index (χ3n) is 4.58. The second-order valence-corrected chi connectivity index (χ2v) is 6.55. The summed E-state index contributed by atoms with van der Waals surface area (Å²) < 4.78 is 5.74. The zero-order chi connectivity index (χ0) is 20.6. The lowest BCUT2D eigenvalue weighted by molar-refractivity contribution is -0.136. The van der Waals surface area contributed by atoms with Gasteiger partial charge in [-0.1, -0.05) is 18.2 Å². The molecular formula is C22H22N4O3. The van der Waals surface area contributed by atoms with E-state index in [1.54, 1.807) is 34.1 Å². The van der Waals surface area contributed by atoms with Gasteiger partial charge in [-0.25, -0.2) is 0 Å². The van der Waals surface area contributed by atoms with Crippen LogP contribution in [0.25, 0.3) is 0 Å². The molecule has 0 atom stereocenters. The summed E-state index contributed by atoms with van der Waals surface area (Å²) in [5.74, 6) is 1.09. The summed E-state index contributed by atoms with van der Waals surface area (Å²) >= 11 is 0. The van der Waals surface area contributed by atoms with Crippen molar-refractivity contribution in [3.05, 3.63) is 66.4 Å². The number of anilines is 1. The van der Waals surface area contributed by atoms with Gasteiger partial charge in [0.05, 0.1) is 0 Å². The monoisotopic (exact) mass is 390 g/mol. The molecule has 0 spiro atoms. The number of carbonyl (C=O) groups excluding carboxylic acids is 2. The Morgan fingerprint density at radius 1 is 0.966 bits per heavy atom. The van der Waals surface area contributed by atoms with E-state index in [4.69, 9.17) is 4.74 Å². The number of hydrogen-bond acceptors (Lipinski definition) is 5. The molecule has 1 heterocycles. The number of amides is 2. The van der Waals surface area contributed by atoms with Crippen LogP contribution in [-0.4, -0.2) is 47.8 Å². The summed E-state index contributed by atoms with van der Waals surface area (Å²) in [5.41, 5.74) is 0.748. The molecule has 0 radical (unpaired) electrons. The molecule has 0 unspecified atom stereocenters. The highest BCUT2D eigenvalue weighted by Gasteiger charge is 2.24. The lowest BCUT2D eigenvalue weighted by Crippen LogP contribution is -2.50. The van der Waals surface area contributed by atoms with E-state index in [1.165, 1.54) is 13.1 Å². The van der Waals surface area contributed by atoms with Gasteiger partial charge in [0.25, 0.3) is 5.91 Å². The highest BCUT2D eigenvalue weighted by Crippen LogP contribution is 2.22. The Hall–Kier alpha value is -3.79. The maximum atomic E-state index is 12.6. The molecule has 7 nitrogen and oxygen atoms in total. The molecule has 148 valence electrons. The van der Waals surface area contributed by atoms with Crippen molar-refractivity contribution in [1.82, 2.24) is 9.80 Å². The number of piperazine rings is 1. The molecule has 2 aromatic rings. The second-order valence-electron chi connectivity index (χ2n) is 6.55. The zero-order valence-electron chi connectivity index (χ0n) is 16.2. The number of hydrogen-bond donors (Lipinski definition) is 1. The van der Waals surface area contributed by atoms with Gasteiger partial charge in [0.15, 0.2) is 0 Å². The number of nitrogens with one attached hydrogen (secondary N) is 1. The molecule has 7 heteroatoms. The number of carbonyl (C=O) groups is 2. The second kappa shape index (κ2) is 9.42. The Balaban J connectivity index is 1.58. The summed E-state index contributed by atoms with van der Waals surface area (Å²) in [6.45, 7) is 3.32. The first-order valence-electron chi connectivity index (χ1n) is 9.31. The van der Waals surface area contributed by atoms with Crippen LogP contribution in [-0.2, 0) is 9.59 Å². The van der Waals surface area contributed by atoms with Gasteiger partial charge >= 0.3 is 0 Å². The molecule has 0 saturated carbocycles. The standard InChI is InChI=1S/C22H22N4O3/c1-17(27)25-11-13-26(14-12-25)22(28)18(15-23)16-24-19-7-9-21(10-8-19)29-20-5-3-2-4-6-20/h2-10,16,24H,11-14H2,1H3/b18-16-. The molecular weight excluding hydrogens is 368 g/mol. The van der Waals surface area contributed by atoms with E-state index in [9.17, 15) is 14.9 Å². The maximum Gasteiger partial charge on any atom is 0.266 e. The third-order valence-corrected chi connectivity index (χ3v) is 4.58. The number of rotatable bonds is 5. The van der Waals surface area contributed by atoms with Gasteiger partial charge in [-0.3, -0.25) is 9.59 Å². The van der Waals surface area contributed by atoms with Gasteiger partial charge < -0.3 is 19.9 Å². The van der Waals surface area contributed by atoms with Gasteiger partial charge in [0, 0.05) is 45.0 Å². The third kappa shape index (κ3) is 5.36. The van der Waals surface area contributed by atoms with E-state index in [0.717, 1.165) is 11.4 Å². The smallest absolute Gasteiger partial charge is 0.266 e. The molecule has 1 aliphatic heterocycles. The minimum Gasteiger partial charge on any atom is -0.457 e. The molecule has 1 fully saturated rings. The molecule has 0 aromatic heterocycles. The zero-order valence-corrected chi connectivity index (χ0v) is 16.2. The average molecular weight is 390 g/mol. The predicted molar refractivity (Wildman–Crippen MR) is 109 cm³/mol. The molecule has 2 aromatic carbocycles. The first-order chi connectivity index (χ1) is 14.1. The number of para-hydroxylation sites is 1. The van der Waals surface area contributed by atoms with Crippen LogP contribution in [0.4, 0.5) is 5.69 Å². The molecule has 0 aliphatic carbocycles. The summed E-state index contributed by atoms with van der Waals surface area (Å²) in [4.78, 5) is 27.2. The van der Waals surface area contributed by atoms with Gasteiger partial charge in [0.1, 0.15) is 23.1 Å². The van der Waals surface area contributed by atoms with Crippen molar-refractivity contribution in [3.8, 4) is 17.6 Å². The van der Waals surface area contributed by atoms with Gasteiger partial charge in [-0.05, 0) is 36.4 Å². The van der Waals surface area contributed by atoms with Gasteiger partial charge in [-0.15, -0.1) is 0 Å². The van der Waals surface area contributed by atoms with Crippen LogP contribution < -0.4 is 10.1 Å². The summed E-state index contributed by atoms with van der Waals surface area (Å²) in [7, 11) is 0. The van der Waals surface area contributed by atoms with Gasteiger partial charge in [0.2, 0.25) is 5.91 Å². The van der Waals surface area contributed by atoms with E-state index in [2.05, 4.69) is 5.32 Å². The predicted octanol–water partition coefficient (Wildman–Crippen LogP) is 2.99. The number of nitriles is 1. The summed E-state index contributed by atoms with van der Waals surface area (Å²) in [6, 6.07) is 18.6. The molecule has 1 aliphatic rings. The van der Waals surface area contributed by atoms with Crippen LogP contribution in [0.2, 0.25) is 0 Å². The van der Waals surface area contributed by atoms with E-state index in [-0.39, 0.29) is 17.4 Å². The Morgan fingerprint density at radius 2 is 1.55 bits per heavy atom. The van der Waals surface area contributed by atoms with Crippen molar-refractivity contribution in [3.63, 3.8) is 0 Å².